The Bertz CT molecular complexity index is 135. The zero-order chi connectivity index (χ0) is 7.44. The average Bonchev–Trinajstić information content (AvgIpc) is 1.63. The Hall–Kier alpha value is -0.180. The molecule has 0 bridgehead atoms. The standard InChI is InChI=1S/C4H10NO3P/c1-3(5)4(6)2-9(7)8/h3-4,6H,2,5H2,1H3/t3-,4?/m0/s1. The van der Waals surface area contributed by atoms with Crippen molar-refractivity contribution in [3.8, 4) is 0 Å². The maximum atomic E-state index is 9.94. The van der Waals surface area contributed by atoms with Gasteiger partial charge < -0.3 is 10.8 Å². The van der Waals surface area contributed by atoms with Gasteiger partial charge in [-0.15, -0.1) is 0 Å². The van der Waals surface area contributed by atoms with Crippen molar-refractivity contribution < 1.29 is 14.2 Å². The summed E-state index contributed by atoms with van der Waals surface area (Å²) in [4.78, 5) is 0. The quantitative estimate of drug-likeness (QED) is 0.550. The topological polar surface area (TPSA) is 80.4 Å². The summed E-state index contributed by atoms with van der Waals surface area (Å²) in [7, 11) is -2.50. The molecule has 1 unspecified atom stereocenters. The lowest BCUT2D eigenvalue weighted by Crippen LogP contribution is -2.32. The first-order valence-electron chi connectivity index (χ1n) is 2.59. The minimum Gasteiger partial charge on any atom is -0.391 e. The first-order chi connectivity index (χ1) is 4.04. The molecule has 0 spiro atoms. The molecule has 0 aromatic carbocycles. The van der Waals surface area contributed by atoms with Crippen LogP contribution < -0.4 is 5.73 Å². The largest absolute Gasteiger partial charge is 0.391 e. The highest BCUT2D eigenvalue weighted by Crippen LogP contribution is 2.06. The van der Waals surface area contributed by atoms with Gasteiger partial charge in [0.15, 0.2) is 0 Å². The van der Waals surface area contributed by atoms with E-state index >= 15 is 0 Å². The second-order valence-electron chi connectivity index (χ2n) is 1.94. The third kappa shape index (κ3) is 4.33. The molecule has 0 aliphatic heterocycles. The van der Waals surface area contributed by atoms with Crippen LogP contribution in [0, 0.1) is 0 Å². The molecule has 0 aromatic rings. The van der Waals surface area contributed by atoms with Gasteiger partial charge in [-0.3, -0.25) is 0 Å². The Kier molecular flexibility index (Phi) is 3.70. The van der Waals surface area contributed by atoms with Crippen LogP contribution in [0.15, 0.2) is 0 Å². The van der Waals surface area contributed by atoms with Crippen LogP contribution in [0.1, 0.15) is 6.92 Å². The smallest absolute Gasteiger partial charge is 0.318 e. The predicted molar refractivity (Wildman–Crippen MR) is 32.8 cm³/mol. The lowest BCUT2D eigenvalue weighted by atomic mass is 10.2. The van der Waals surface area contributed by atoms with Gasteiger partial charge in [-0.1, -0.05) is 0 Å². The Morgan fingerprint density at radius 3 is 2.22 bits per heavy atom. The SMILES string of the molecule is C[C@H](N)C(O)CP(=O)=O. The summed E-state index contributed by atoms with van der Waals surface area (Å²) in [6.45, 7) is 1.56. The monoisotopic (exact) mass is 151 g/mol. The maximum absolute atomic E-state index is 9.94. The maximum Gasteiger partial charge on any atom is 0.318 e. The minimum atomic E-state index is -2.50. The molecular weight excluding hydrogens is 141 g/mol. The molecule has 0 aliphatic rings. The van der Waals surface area contributed by atoms with Gasteiger partial charge in [0.05, 0.1) is 12.3 Å². The Balaban J connectivity index is 3.63. The van der Waals surface area contributed by atoms with Crippen LogP contribution >= 0.6 is 7.68 Å². The van der Waals surface area contributed by atoms with E-state index in [4.69, 9.17) is 10.8 Å². The molecule has 0 saturated heterocycles. The van der Waals surface area contributed by atoms with E-state index in [1.165, 1.54) is 0 Å². The van der Waals surface area contributed by atoms with Crippen molar-refractivity contribution >= 4 is 7.68 Å². The molecule has 0 rings (SSSR count). The normalized spacial score (nSPS) is 16.8. The van der Waals surface area contributed by atoms with Crippen molar-refractivity contribution in [1.82, 2.24) is 0 Å². The second kappa shape index (κ2) is 3.77. The van der Waals surface area contributed by atoms with Crippen molar-refractivity contribution in [2.24, 2.45) is 5.73 Å². The van der Waals surface area contributed by atoms with Crippen LogP contribution in [0.25, 0.3) is 0 Å². The highest BCUT2D eigenvalue weighted by Gasteiger charge is 2.11. The molecule has 4 nitrogen and oxygen atoms in total. The lowest BCUT2D eigenvalue weighted by Gasteiger charge is -2.08. The number of nitrogens with two attached hydrogens (primary N) is 1. The first-order valence-corrected chi connectivity index (χ1v) is 3.95. The molecule has 0 fully saturated rings. The van der Waals surface area contributed by atoms with Gasteiger partial charge in [-0.25, -0.2) is 9.13 Å². The molecule has 0 aromatic heterocycles. The third-order valence-electron chi connectivity index (χ3n) is 0.943. The van der Waals surface area contributed by atoms with Gasteiger partial charge in [0.25, 0.3) is 0 Å². The molecule has 54 valence electrons. The first kappa shape index (κ1) is 8.82. The van der Waals surface area contributed by atoms with E-state index in [-0.39, 0.29) is 6.16 Å². The summed E-state index contributed by atoms with van der Waals surface area (Å²) in [6.07, 6.45) is -1.17. The lowest BCUT2D eigenvalue weighted by molar-refractivity contribution is 0.172. The van der Waals surface area contributed by atoms with Crippen LogP contribution in [0.4, 0.5) is 0 Å². The zero-order valence-corrected chi connectivity index (χ0v) is 6.04. The van der Waals surface area contributed by atoms with Crippen molar-refractivity contribution in [2.75, 3.05) is 6.16 Å². The molecule has 0 heterocycles. The molecule has 3 N–H and O–H groups in total. The number of aliphatic hydroxyl groups is 1. The fourth-order valence-corrected chi connectivity index (χ4v) is 0.957. The van der Waals surface area contributed by atoms with Gasteiger partial charge in [0.2, 0.25) is 0 Å². The summed E-state index contributed by atoms with van der Waals surface area (Å²) < 4.78 is 19.9. The Labute approximate surface area is 53.9 Å². The Morgan fingerprint density at radius 2 is 2.11 bits per heavy atom. The van der Waals surface area contributed by atoms with Crippen LogP contribution in [0.3, 0.4) is 0 Å². The van der Waals surface area contributed by atoms with Crippen LogP contribution in [0.2, 0.25) is 0 Å². The summed E-state index contributed by atoms with van der Waals surface area (Å²) >= 11 is 0. The van der Waals surface area contributed by atoms with Gasteiger partial charge in [0.1, 0.15) is 0 Å². The summed E-state index contributed by atoms with van der Waals surface area (Å²) in [5.41, 5.74) is 5.17. The fourth-order valence-electron chi connectivity index (χ4n) is 0.319. The van der Waals surface area contributed by atoms with Crippen LogP contribution in [-0.2, 0) is 9.13 Å². The number of hydrogen-bond acceptors (Lipinski definition) is 4. The number of hydrogen-bond donors (Lipinski definition) is 2. The van der Waals surface area contributed by atoms with Gasteiger partial charge >= 0.3 is 7.68 Å². The molecular formula is C4H10NO3P. The summed E-state index contributed by atoms with van der Waals surface area (Å²) in [5.74, 6) is 0. The highest BCUT2D eigenvalue weighted by molar-refractivity contribution is 7.30. The van der Waals surface area contributed by atoms with E-state index < -0.39 is 19.8 Å². The minimum absolute atomic E-state index is 0.243. The summed E-state index contributed by atoms with van der Waals surface area (Å²) in [5, 5.41) is 8.79. The molecule has 0 saturated carbocycles. The van der Waals surface area contributed by atoms with E-state index in [1.807, 2.05) is 0 Å². The number of rotatable bonds is 3. The van der Waals surface area contributed by atoms with Crippen molar-refractivity contribution in [2.45, 2.75) is 19.1 Å². The van der Waals surface area contributed by atoms with Crippen LogP contribution in [-0.4, -0.2) is 23.4 Å². The van der Waals surface area contributed by atoms with Crippen molar-refractivity contribution in [3.05, 3.63) is 0 Å². The average molecular weight is 151 g/mol. The molecule has 2 atom stereocenters. The van der Waals surface area contributed by atoms with E-state index in [9.17, 15) is 9.13 Å². The highest BCUT2D eigenvalue weighted by atomic mass is 31.1. The fraction of sp³-hybridized carbons (Fsp3) is 1.00. The van der Waals surface area contributed by atoms with E-state index in [0.29, 0.717) is 0 Å². The predicted octanol–water partition coefficient (Wildman–Crippen LogP) is -0.133. The number of aliphatic hydroxyl groups excluding tert-OH is 1. The van der Waals surface area contributed by atoms with Gasteiger partial charge in [0, 0.05) is 6.04 Å². The molecule has 0 aliphatic carbocycles. The van der Waals surface area contributed by atoms with E-state index in [2.05, 4.69) is 0 Å². The molecule has 5 heteroatoms. The van der Waals surface area contributed by atoms with Crippen LogP contribution in [0.5, 0.6) is 0 Å². The summed E-state index contributed by atoms with van der Waals surface area (Å²) in [6, 6.07) is -0.474. The Morgan fingerprint density at radius 1 is 1.67 bits per heavy atom. The second-order valence-corrected chi connectivity index (χ2v) is 2.97. The van der Waals surface area contributed by atoms with E-state index in [0.717, 1.165) is 0 Å². The molecule has 0 amide bonds. The zero-order valence-electron chi connectivity index (χ0n) is 5.15. The van der Waals surface area contributed by atoms with Gasteiger partial charge in [-0.05, 0) is 6.92 Å². The van der Waals surface area contributed by atoms with E-state index in [1.54, 1.807) is 6.92 Å². The van der Waals surface area contributed by atoms with Crippen molar-refractivity contribution in [1.29, 1.82) is 0 Å². The molecule has 9 heavy (non-hydrogen) atoms. The van der Waals surface area contributed by atoms with Gasteiger partial charge in [-0.2, -0.15) is 0 Å². The molecule has 0 radical (unpaired) electrons. The van der Waals surface area contributed by atoms with Crippen molar-refractivity contribution in [3.63, 3.8) is 0 Å². The third-order valence-corrected chi connectivity index (χ3v) is 1.62.